The molecular formula is C20H22ClN3O4. The van der Waals surface area contributed by atoms with E-state index in [1.54, 1.807) is 45.0 Å². The first kappa shape index (κ1) is 21.4. The van der Waals surface area contributed by atoms with Gasteiger partial charge in [0.05, 0.1) is 11.3 Å². The molecule has 0 saturated heterocycles. The second-order valence-electron chi connectivity index (χ2n) is 7.16. The Hall–Kier alpha value is -2.93. The number of pyridine rings is 1. The van der Waals surface area contributed by atoms with Crippen LogP contribution in [0.1, 0.15) is 38.1 Å². The van der Waals surface area contributed by atoms with Crippen LogP contribution in [0.2, 0.25) is 5.15 Å². The zero-order valence-corrected chi connectivity index (χ0v) is 16.8. The van der Waals surface area contributed by atoms with Crippen LogP contribution in [0.5, 0.6) is 0 Å². The number of carbonyl (C=O) groups excluding carboxylic acids is 3. The summed E-state index contributed by atoms with van der Waals surface area (Å²) in [5.41, 5.74) is 0.430. The predicted molar refractivity (Wildman–Crippen MR) is 107 cm³/mol. The van der Waals surface area contributed by atoms with Gasteiger partial charge in [-0.1, -0.05) is 38.4 Å². The number of amides is 2. The smallest absolute Gasteiger partial charge is 0.338 e. The van der Waals surface area contributed by atoms with Crippen molar-refractivity contribution in [2.24, 2.45) is 5.41 Å². The lowest BCUT2D eigenvalue weighted by atomic mass is 9.95. The Morgan fingerprint density at radius 3 is 2.46 bits per heavy atom. The zero-order chi connectivity index (χ0) is 20.9. The number of hydrogen-bond acceptors (Lipinski definition) is 5. The van der Waals surface area contributed by atoms with E-state index in [0.29, 0.717) is 11.4 Å². The van der Waals surface area contributed by atoms with Gasteiger partial charge in [0, 0.05) is 17.3 Å². The molecular weight excluding hydrogens is 382 g/mol. The molecule has 2 rings (SSSR count). The number of esters is 1. The third kappa shape index (κ3) is 5.79. The van der Waals surface area contributed by atoms with Crippen LogP contribution in [0, 0.1) is 5.41 Å². The van der Waals surface area contributed by atoms with Crippen LogP contribution in [0.15, 0.2) is 42.6 Å². The van der Waals surface area contributed by atoms with E-state index in [1.165, 1.54) is 25.3 Å². The zero-order valence-electron chi connectivity index (χ0n) is 16.1. The van der Waals surface area contributed by atoms with Crippen molar-refractivity contribution >= 4 is 40.8 Å². The van der Waals surface area contributed by atoms with E-state index in [4.69, 9.17) is 16.3 Å². The molecule has 0 bridgehead atoms. The van der Waals surface area contributed by atoms with E-state index in [2.05, 4.69) is 15.6 Å². The van der Waals surface area contributed by atoms with Crippen molar-refractivity contribution in [2.45, 2.75) is 33.8 Å². The minimum Gasteiger partial charge on any atom is -0.449 e. The minimum absolute atomic E-state index is 0.136. The third-order valence-corrected chi connectivity index (χ3v) is 4.01. The molecule has 148 valence electrons. The minimum atomic E-state index is -1.06. The Kier molecular flexibility index (Phi) is 6.75. The lowest BCUT2D eigenvalue weighted by molar-refractivity contribution is -0.124. The number of aromatic nitrogens is 1. The molecule has 0 aliphatic carbocycles. The standard InChI is InChI=1S/C20H22ClN3O4/c1-12(17(25)24-15-9-6-10-22-16(15)21)28-18(26)13-7-5-8-14(11-13)23-19(27)20(2,3)4/h5-12H,1-4H3,(H,23,27)(H,24,25). The fraction of sp³-hybridized carbons (Fsp3) is 0.300. The molecule has 2 amide bonds. The highest BCUT2D eigenvalue weighted by Gasteiger charge is 2.23. The average Bonchev–Trinajstić information content (AvgIpc) is 2.63. The van der Waals surface area contributed by atoms with Gasteiger partial charge in [-0.2, -0.15) is 0 Å². The molecule has 8 heteroatoms. The molecule has 0 saturated carbocycles. The van der Waals surface area contributed by atoms with E-state index in [9.17, 15) is 14.4 Å². The molecule has 0 aliphatic rings. The molecule has 0 aliphatic heterocycles. The topological polar surface area (TPSA) is 97.4 Å². The normalized spacial score (nSPS) is 12.0. The van der Waals surface area contributed by atoms with E-state index < -0.39 is 23.4 Å². The van der Waals surface area contributed by atoms with Crippen LogP contribution >= 0.6 is 11.6 Å². The van der Waals surface area contributed by atoms with E-state index in [-0.39, 0.29) is 16.6 Å². The van der Waals surface area contributed by atoms with E-state index >= 15 is 0 Å². The summed E-state index contributed by atoms with van der Waals surface area (Å²) in [5, 5.41) is 5.43. The fourth-order valence-corrected chi connectivity index (χ4v) is 2.20. The largest absolute Gasteiger partial charge is 0.449 e. The van der Waals surface area contributed by atoms with Gasteiger partial charge in [0.2, 0.25) is 5.91 Å². The lowest BCUT2D eigenvalue weighted by Gasteiger charge is -2.18. The highest BCUT2D eigenvalue weighted by atomic mass is 35.5. The number of halogens is 1. The highest BCUT2D eigenvalue weighted by Crippen LogP contribution is 2.20. The highest BCUT2D eigenvalue weighted by molar-refractivity contribution is 6.32. The Labute approximate surface area is 168 Å². The van der Waals surface area contributed by atoms with Gasteiger partial charge in [-0.25, -0.2) is 9.78 Å². The lowest BCUT2D eigenvalue weighted by Crippen LogP contribution is -2.30. The number of carbonyl (C=O) groups is 3. The van der Waals surface area contributed by atoms with Crippen molar-refractivity contribution in [3.63, 3.8) is 0 Å². The Morgan fingerprint density at radius 1 is 1.11 bits per heavy atom. The molecule has 1 aromatic heterocycles. The van der Waals surface area contributed by atoms with Gasteiger partial charge in [-0.3, -0.25) is 9.59 Å². The van der Waals surface area contributed by atoms with Gasteiger partial charge in [-0.05, 0) is 37.3 Å². The van der Waals surface area contributed by atoms with E-state index in [0.717, 1.165) is 0 Å². The Balaban J connectivity index is 2.02. The maximum absolute atomic E-state index is 12.4. The van der Waals surface area contributed by atoms with Crippen LogP contribution in [0.25, 0.3) is 0 Å². The number of anilines is 2. The van der Waals surface area contributed by atoms with Gasteiger partial charge < -0.3 is 15.4 Å². The monoisotopic (exact) mass is 403 g/mol. The maximum Gasteiger partial charge on any atom is 0.338 e. The Morgan fingerprint density at radius 2 is 1.82 bits per heavy atom. The quantitative estimate of drug-likeness (QED) is 0.582. The molecule has 0 spiro atoms. The molecule has 1 unspecified atom stereocenters. The maximum atomic E-state index is 12.4. The van der Waals surface area contributed by atoms with Crippen LogP contribution in [0.3, 0.4) is 0 Å². The third-order valence-electron chi connectivity index (χ3n) is 3.71. The van der Waals surface area contributed by atoms with Gasteiger partial charge in [0.1, 0.15) is 0 Å². The fourth-order valence-electron chi connectivity index (χ4n) is 2.04. The van der Waals surface area contributed by atoms with Crippen molar-refractivity contribution in [1.82, 2.24) is 4.98 Å². The molecule has 28 heavy (non-hydrogen) atoms. The van der Waals surface area contributed by atoms with Gasteiger partial charge in [0.25, 0.3) is 5.91 Å². The van der Waals surface area contributed by atoms with Crippen molar-refractivity contribution in [2.75, 3.05) is 10.6 Å². The van der Waals surface area contributed by atoms with Crippen LogP contribution < -0.4 is 10.6 Å². The van der Waals surface area contributed by atoms with Crippen LogP contribution in [0.4, 0.5) is 11.4 Å². The summed E-state index contributed by atoms with van der Waals surface area (Å²) in [7, 11) is 0. The predicted octanol–water partition coefficient (Wildman–Crippen LogP) is 3.90. The summed E-state index contributed by atoms with van der Waals surface area (Å²) < 4.78 is 5.21. The summed E-state index contributed by atoms with van der Waals surface area (Å²) >= 11 is 5.90. The van der Waals surface area contributed by atoms with Crippen molar-refractivity contribution in [3.05, 3.63) is 53.3 Å². The second kappa shape index (κ2) is 8.84. The Bertz CT molecular complexity index is 893. The first-order valence-corrected chi connectivity index (χ1v) is 8.99. The average molecular weight is 404 g/mol. The number of nitrogens with one attached hydrogen (secondary N) is 2. The van der Waals surface area contributed by atoms with Crippen molar-refractivity contribution < 1.29 is 19.1 Å². The van der Waals surface area contributed by atoms with Gasteiger partial charge in [0.15, 0.2) is 11.3 Å². The molecule has 2 aromatic rings. The number of nitrogens with zero attached hydrogens (tertiary/aromatic N) is 1. The van der Waals surface area contributed by atoms with E-state index in [1.807, 2.05) is 0 Å². The number of hydrogen-bond donors (Lipinski definition) is 2. The van der Waals surface area contributed by atoms with Gasteiger partial charge in [-0.15, -0.1) is 0 Å². The summed E-state index contributed by atoms with van der Waals surface area (Å²) in [4.78, 5) is 40.5. The molecule has 7 nitrogen and oxygen atoms in total. The molecule has 0 radical (unpaired) electrons. The van der Waals surface area contributed by atoms with Crippen LogP contribution in [-0.4, -0.2) is 28.9 Å². The van der Waals surface area contributed by atoms with Crippen LogP contribution in [-0.2, 0) is 14.3 Å². The summed E-state index contributed by atoms with van der Waals surface area (Å²) in [5.74, 6) is -1.41. The molecule has 0 fully saturated rings. The summed E-state index contributed by atoms with van der Waals surface area (Å²) in [6.45, 7) is 6.81. The summed E-state index contributed by atoms with van der Waals surface area (Å²) in [6, 6.07) is 9.53. The first-order chi connectivity index (χ1) is 13.1. The van der Waals surface area contributed by atoms with Crippen molar-refractivity contribution in [1.29, 1.82) is 0 Å². The van der Waals surface area contributed by atoms with Gasteiger partial charge >= 0.3 is 5.97 Å². The number of rotatable bonds is 5. The second-order valence-corrected chi connectivity index (χ2v) is 7.52. The summed E-state index contributed by atoms with van der Waals surface area (Å²) in [6.07, 6.45) is 0.434. The molecule has 2 N–H and O–H groups in total. The van der Waals surface area contributed by atoms with Crippen molar-refractivity contribution in [3.8, 4) is 0 Å². The number of benzene rings is 1. The number of ether oxygens (including phenoxy) is 1. The molecule has 1 aromatic carbocycles. The first-order valence-electron chi connectivity index (χ1n) is 8.62. The molecule has 1 atom stereocenters. The molecule has 1 heterocycles. The SMILES string of the molecule is CC(OC(=O)c1cccc(NC(=O)C(C)(C)C)c1)C(=O)Nc1cccnc1Cl.